The standard InChI is InChI=1S/C14H20Cl2O2/c1-4-14(5-2,18-3)13(17)9-10-11(15)7-6-8-12(10)16/h6-8,13,17H,4-5,9H2,1-3H3. The van der Waals surface area contributed by atoms with Crippen molar-refractivity contribution in [1.82, 2.24) is 0 Å². The zero-order valence-corrected chi connectivity index (χ0v) is 12.6. The first-order valence-electron chi connectivity index (χ1n) is 6.16. The molecule has 102 valence electrons. The van der Waals surface area contributed by atoms with Crippen molar-refractivity contribution in [2.45, 2.75) is 44.8 Å². The van der Waals surface area contributed by atoms with Gasteiger partial charge in [0.05, 0.1) is 11.7 Å². The summed E-state index contributed by atoms with van der Waals surface area (Å²) in [6, 6.07) is 5.35. The van der Waals surface area contributed by atoms with E-state index in [1.54, 1.807) is 25.3 Å². The van der Waals surface area contributed by atoms with Gasteiger partial charge < -0.3 is 9.84 Å². The van der Waals surface area contributed by atoms with Gasteiger partial charge in [-0.3, -0.25) is 0 Å². The Morgan fingerprint density at radius 2 is 1.72 bits per heavy atom. The van der Waals surface area contributed by atoms with Crippen LogP contribution in [-0.4, -0.2) is 23.9 Å². The second kappa shape index (κ2) is 6.76. The summed E-state index contributed by atoms with van der Waals surface area (Å²) in [5.74, 6) is 0. The summed E-state index contributed by atoms with van der Waals surface area (Å²) < 4.78 is 5.51. The highest BCUT2D eigenvalue weighted by molar-refractivity contribution is 6.35. The molecular weight excluding hydrogens is 271 g/mol. The van der Waals surface area contributed by atoms with Crippen molar-refractivity contribution in [3.05, 3.63) is 33.8 Å². The fraction of sp³-hybridized carbons (Fsp3) is 0.571. The van der Waals surface area contributed by atoms with Crippen LogP contribution in [0.1, 0.15) is 32.3 Å². The number of hydrogen-bond donors (Lipinski definition) is 1. The molecule has 4 heteroatoms. The molecule has 1 aromatic rings. The van der Waals surface area contributed by atoms with Gasteiger partial charge in [-0.1, -0.05) is 43.1 Å². The Kier molecular flexibility index (Phi) is 5.93. The summed E-state index contributed by atoms with van der Waals surface area (Å²) in [6.45, 7) is 4.01. The van der Waals surface area contributed by atoms with Crippen LogP contribution in [0.2, 0.25) is 10.0 Å². The Bertz CT molecular complexity index is 361. The van der Waals surface area contributed by atoms with Gasteiger partial charge in [-0.25, -0.2) is 0 Å². The summed E-state index contributed by atoms with van der Waals surface area (Å²) in [5.41, 5.74) is 0.235. The highest BCUT2D eigenvalue weighted by atomic mass is 35.5. The number of methoxy groups -OCH3 is 1. The van der Waals surface area contributed by atoms with Crippen molar-refractivity contribution in [2.75, 3.05) is 7.11 Å². The maximum absolute atomic E-state index is 10.4. The van der Waals surface area contributed by atoms with E-state index in [-0.39, 0.29) is 0 Å². The van der Waals surface area contributed by atoms with Gasteiger partial charge in [-0.15, -0.1) is 0 Å². The average molecular weight is 291 g/mol. The second-order valence-corrected chi connectivity index (χ2v) is 5.21. The molecule has 2 nitrogen and oxygen atoms in total. The monoisotopic (exact) mass is 290 g/mol. The topological polar surface area (TPSA) is 29.5 Å². The van der Waals surface area contributed by atoms with Gasteiger partial charge in [0, 0.05) is 23.6 Å². The molecule has 1 N–H and O–H groups in total. The molecule has 1 aromatic carbocycles. The van der Waals surface area contributed by atoms with Crippen LogP contribution in [0.5, 0.6) is 0 Å². The highest BCUT2D eigenvalue weighted by Gasteiger charge is 2.35. The maximum atomic E-state index is 10.4. The minimum atomic E-state index is -0.630. The number of hydrogen-bond acceptors (Lipinski definition) is 2. The lowest BCUT2D eigenvalue weighted by Gasteiger charge is -2.35. The third-order valence-electron chi connectivity index (χ3n) is 3.67. The van der Waals surface area contributed by atoms with Crippen molar-refractivity contribution in [3.8, 4) is 0 Å². The van der Waals surface area contributed by atoms with Crippen LogP contribution in [0, 0.1) is 0 Å². The van der Waals surface area contributed by atoms with E-state index in [0.29, 0.717) is 16.5 Å². The number of ether oxygens (including phenoxy) is 1. The van der Waals surface area contributed by atoms with Crippen molar-refractivity contribution in [1.29, 1.82) is 0 Å². The lowest BCUT2D eigenvalue weighted by molar-refractivity contribution is -0.106. The fourth-order valence-corrected chi connectivity index (χ4v) is 2.80. The van der Waals surface area contributed by atoms with E-state index in [2.05, 4.69) is 0 Å². The molecule has 1 rings (SSSR count). The van der Waals surface area contributed by atoms with E-state index in [1.165, 1.54) is 0 Å². The second-order valence-electron chi connectivity index (χ2n) is 4.40. The van der Waals surface area contributed by atoms with Crippen LogP contribution in [0.3, 0.4) is 0 Å². The Morgan fingerprint density at radius 1 is 1.22 bits per heavy atom. The molecule has 0 aromatic heterocycles. The Hall–Kier alpha value is -0.280. The van der Waals surface area contributed by atoms with Crippen LogP contribution < -0.4 is 0 Å². The normalized spacial score (nSPS) is 13.7. The molecule has 0 spiro atoms. The fourth-order valence-electron chi connectivity index (χ4n) is 2.25. The lowest BCUT2D eigenvalue weighted by Crippen LogP contribution is -2.44. The predicted octanol–water partition coefficient (Wildman–Crippen LogP) is 4.10. The molecule has 0 saturated heterocycles. The average Bonchev–Trinajstić information content (AvgIpc) is 2.37. The van der Waals surface area contributed by atoms with Gasteiger partial charge in [-0.05, 0) is 30.5 Å². The van der Waals surface area contributed by atoms with E-state index in [0.717, 1.165) is 18.4 Å². The van der Waals surface area contributed by atoms with Gasteiger partial charge in [0.15, 0.2) is 0 Å². The Morgan fingerprint density at radius 3 is 2.11 bits per heavy atom. The molecule has 18 heavy (non-hydrogen) atoms. The highest BCUT2D eigenvalue weighted by Crippen LogP contribution is 2.31. The van der Waals surface area contributed by atoms with Gasteiger partial charge in [-0.2, -0.15) is 0 Å². The van der Waals surface area contributed by atoms with Crippen molar-refractivity contribution >= 4 is 23.2 Å². The number of benzene rings is 1. The minimum absolute atomic E-state index is 0.397. The Labute approximate surface area is 119 Å². The van der Waals surface area contributed by atoms with Crippen LogP contribution >= 0.6 is 23.2 Å². The molecule has 0 bridgehead atoms. The molecule has 0 saturated carbocycles. The van der Waals surface area contributed by atoms with E-state index in [1.807, 2.05) is 13.8 Å². The predicted molar refractivity (Wildman–Crippen MR) is 76.5 cm³/mol. The Balaban J connectivity index is 2.96. The molecule has 0 amide bonds. The first-order chi connectivity index (χ1) is 8.50. The molecule has 0 radical (unpaired) electrons. The summed E-state index contributed by atoms with van der Waals surface area (Å²) >= 11 is 12.2. The molecule has 0 heterocycles. The third kappa shape index (κ3) is 3.18. The molecule has 1 atom stereocenters. The van der Waals surface area contributed by atoms with E-state index >= 15 is 0 Å². The quantitative estimate of drug-likeness (QED) is 0.855. The molecule has 1 unspecified atom stereocenters. The van der Waals surface area contributed by atoms with E-state index in [9.17, 15) is 5.11 Å². The van der Waals surface area contributed by atoms with Gasteiger partial charge >= 0.3 is 0 Å². The molecule has 0 aliphatic rings. The smallest absolute Gasteiger partial charge is 0.0934 e. The van der Waals surface area contributed by atoms with Gasteiger partial charge in [0.1, 0.15) is 0 Å². The van der Waals surface area contributed by atoms with E-state index < -0.39 is 11.7 Å². The zero-order valence-electron chi connectivity index (χ0n) is 11.0. The summed E-state index contributed by atoms with van der Waals surface area (Å²) in [6.07, 6.45) is 1.25. The lowest BCUT2D eigenvalue weighted by atomic mass is 9.86. The molecule has 0 aliphatic heterocycles. The summed E-state index contributed by atoms with van der Waals surface area (Å²) in [5, 5.41) is 11.6. The minimum Gasteiger partial charge on any atom is -0.390 e. The van der Waals surface area contributed by atoms with Crippen LogP contribution in [0.4, 0.5) is 0 Å². The number of aliphatic hydroxyl groups is 1. The van der Waals surface area contributed by atoms with Crippen LogP contribution in [0.25, 0.3) is 0 Å². The van der Waals surface area contributed by atoms with E-state index in [4.69, 9.17) is 27.9 Å². The largest absolute Gasteiger partial charge is 0.390 e. The van der Waals surface area contributed by atoms with Gasteiger partial charge in [0.25, 0.3) is 0 Å². The molecule has 0 fully saturated rings. The molecule has 0 aliphatic carbocycles. The number of rotatable bonds is 6. The summed E-state index contributed by atoms with van der Waals surface area (Å²) in [7, 11) is 1.63. The number of halogens is 2. The van der Waals surface area contributed by atoms with Crippen molar-refractivity contribution in [2.24, 2.45) is 0 Å². The number of aliphatic hydroxyl groups excluding tert-OH is 1. The van der Waals surface area contributed by atoms with Crippen LogP contribution in [-0.2, 0) is 11.2 Å². The SMILES string of the molecule is CCC(CC)(OC)C(O)Cc1c(Cl)cccc1Cl. The zero-order chi connectivity index (χ0) is 13.8. The first kappa shape index (κ1) is 15.8. The van der Waals surface area contributed by atoms with Gasteiger partial charge in [0.2, 0.25) is 0 Å². The maximum Gasteiger partial charge on any atom is 0.0934 e. The first-order valence-corrected chi connectivity index (χ1v) is 6.92. The summed E-state index contributed by atoms with van der Waals surface area (Å²) in [4.78, 5) is 0. The molecular formula is C14H20Cl2O2. The van der Waals surface area contributed by atoms with Crippen molar-refractivity contribution in [3.63, 3.8) is 0 Å². The third-order valence-corrected chi connectivity index (χ3v) is 4.38. The van der Waals surface area contributed by atoms with Crippen LogP contribution in [0.15, 0.2) is 18.2 Å². The van der Waals surface area contributed by atoms with Crippen molar-refractivity contribution < 1.29 is 9.84 Å².